The minimum absolute atomic E-state index is 0.00300. The molecule has 4 nitrogen and oxygen atoms in total. The van der Waals surface area contributed by atoms with E-state index in [1.54, 1.807) is 12.1 Å². The summed E-state index contributed by atoms with van der Waals surface area (Å²) >= 11 is 0. The van der Waals surface area contributed by atoms with E-state index in [2.05, 4.69) is 13.8 Å². The SMILES string of the molecule is CC(C)c1ccc(OS(=O)(=O)c2ccc(O)cc2)cc1. The smallest absolute Gasteiger partial charge is 0.339 e. The molecule has 20 heavy (non-hydrogen) atoms. The lowest BCUT2D eigenvalue weighted by Gasteiger charge is -2.09. The molecule has 0 aliphatic carbocycles. The van der Waals surface area contributed by atoms with E-state index >= 15 is 0 Å². The van der Waals surface area contributed by atoms with E-state index < -0.39 is 10.1 Å². The van der Waals surface area contributed by atoms with Gasteiger partial charge in [-0.25, -0.2) is 0 Å². The molecule has 0 heterocycles. The van der Waals surface area contributed by atoms with E-state index in [1.165, 1.54) is 24.3 Å². The van der Waals surface area contributed by atoms with E-state index in [0.717, 1.165) is 5.56 Å². The van der Waals surface area contributed by atoms with Crippen molar-refractivity contribution in [1.29, 1.82) is 0 Å². The maximum Gasteiger partial charge on any atom is 0.339 e. The van der Waals surface area contributed by atoms with Gasteiger partial charge in [-0.15, -0.1) is 0 Å². The second-order valence-corrected chi connectivity index (χ2v) is 6.30. The lowest BCUT2D eigenvalue weighted by Crippen LogP contribution is -2.09. The van der Waals surface area contributed by atoms with Gasteiger partial charge >= 0.3 is 10.1 Å². The van der Waals surface area contributed by atoms with Crippen LogP contribution in [0.25, 0.3) is 0 Å². The van der Waals surface area contributed by atoms with Gasteiger partial charge in [0.05, 0.1) is 0 Å². The summed E-state index contributed by atoms with van der Waals surface area (Å²) < 4.78 is 29.1. The topological polar surface area (TPSA) is 63.6 Å². The van der Waals surface area contributed by atoms with E-state index in [-0.39, 0.29) is 16.4 Å². The largest absolute Gasteiger partial charge is 0.508 e. The van der Waals surface area contributed by atoms with Crippen LogP contribution in [0.5, 0.6) is 11.5 Å². The minimum Gasteiger partial charge on any atom is -0.508 e. The molecule has 0 spiro atoms. The molecular weight excluding hydrogens is 276 g/mol. The average molecular weight is 292 g/mol. The van der Waals surface area contributed by atoms with Crippen LogP contribution in [0.4, 0.5) is 0 Å². The van der Waals surface area contributed by atoms with E-state index in [9.17, 15) is 8.42 Å². The highest BCUT2D eigenvalue weighted by molar-refractivity contribution is 7.87. The Labute approximate surface area is 118 Å². The van der Waals surface area contributed by atoms with Gasteiger partial charge in [-0.1, -0.05) is 26.0 Å². The molecule has 106 valence electrons. The first-order valence-electron chi connectivity index (χ1n) is 6.22. The molecule has 0 saturated carbocycles. The number of hydrogen-bond acceptors (Lipinski definition) is 4. The number of aromatic hydroxyl groups is 1. The van der Waals surface area contributed by atoms with Crippen LogP contribution in [0, 0.1) is 0 Å². The summed E-state index contributed by atoms with van der Waals surface area (Å²) in [5, 5.41) is 9.16. The molecule has 2 aromatic rings. The fourth-order valence-corrected chi connectivity index (χ4v) is 2.63. The zero-order valence-electron chi connectivity index (χ0n) is 11.3. The second kappa shape index (κ2) is 5.54. The number of phenolic OH excluding ortho intramolecular Hbond substituents is 1. The monoisotopic (exact) mass is 292 g/mol. The summed E-state index contributed by atoms with van der Waals surface area (Å²) in [7, 11) is -3.87. The quantitative estimate of drug-likeness (QED) is 0.878. The summed E-state index contributed by atoms with van der Waals surface area (Å²) in [5.74, 6) is 0.644. The number of rotatable bonds is 4. The Hall–Kier alpha value is -2.01. The lowest BCUT2D eigenvalue weighted by atomic mass is 10.0. The molecule has 0 atom stereocenters. The van der Waals surface area contributed by atoms with Gasteiger partial charge in [-0.3, -0.25) is 0 Å². The van der Waals surface area contributed by atoms with Gasteiger partial charge in [0.15, 0.2) is 0 Å². The van der Waals surface area contributed by atoms with Crippen molar-refractivity contribution >= 4 is 10.1 Å². The Morgan fingerprint density at radius 3 is 2.00 bits per heavy atom. The van der Waals surface area contributed by atoms with Crippen molar-refractivity contribution in [1.82, 2.24) is 0 Å². The molecule has 0 amide bonds. The second-order valence-electron chi connectivity index (χ2n) is 4.76. The Morgan fingerprint density at radius 2 is 1.50 bits per heavy atom. The molecule has 0 aliphatic heterocycles. The Morgan fingerprint density at radius 1 is 0.950 bits per heavy atom. The van der Waals surface area contributed by atoms with E-state index in [4.69, 9.17) is 9.29 Å². The van der Waals surface area contributed by atoms with Crippen molar-refractivity contribution in [3.63, 3.8) is 0 Å². The molecule has 0 aromatic heterocycles. The molecule has 0 bridgehead atoms. The molecule has 1 N–H and O–H groups in total. The molecule has 0 aliphatic rings. The van der Waals surface area contributed by atoms with Gasteiger partial charge in [-0.2, -0.15) is 8.42 Å². The van der Waals surface area contributed by atoms with Gasteiger partial charge in [0.25, 0.3) is 0 Å². The van der Waals surface area contributed by atoms with Crippen molar-refractivity contribution < 1.29 is 17.7 Å². The molecule has 2 rings (SSSR count). The van der Waals surface area contributed by atoms with Crippen LogP contribution in [0.3, 0.4) is 0 Å². The van der Waals surface area contributed by atoms with Crippen LogP contribution in [-0.2, 0) is 10.1 Å². The van der Waals surface area contributed by atoms with Crippen LogP contribution in [0.2, 0.25) is 0 Å². The predicted octanol–water partition coefficient (Wildman–Crippen LogP) is 3.28. The molecule has 0 radical (unpaired) electrons. The fourth-order valence-electron chi connectivity index (χ4n) is 1.70. The summed E-state index contributed by atoms with van der Waals surface area (Å²) in [6.45, 7) is 4.12. The molecule has 0 saturated heterocycles. The summed E-state index contributed by atoms with van der Waals surface area (Å²) in [6.07, 6.45) is 0. The van der Waals surface area contributed by atoms with Gasteiger partial charge in [-0.05, 0) is 47.9 Å². The maximum atomic E-state index is 12.0. The highest BCUT2D eigenvalue weighted by Crippen LogP contribution is 2.23. The van der Waals surface area contributed by atoms with Crippen LogP contribution >= 0.6 is 0 Å². The summed E-state index contributed by atoms with van der Waals surface area (Å²) in [6, 6.07) is 12.1. The minimum atomic E-state index is -3.87. The van der Waals surface area contributed by atoms with E-state index in [0.29, 0.717) is 5.92 Å². The Balaban J connectivity index is 2.22. The predicted molar refractivity (Wildman–Crippen MR) is 76.5 cm³/mol. The number of hydrogen-bond donors (Lipinski definition) is 1. The van der Waals surface area contributed by atoms with Gasteiger partial charge in [0, 0.05) is 0 Å². The number of phenols is 1. The van der Waals surface area contributed by atoms with Crippen LogP contribution < -0.4 is 4.18 Å². The zero-order chi connectivity index (χ0) is 14.8. The first kappa shape index (κ1) is 14.4. The van der Waals surface area contributed by atoms with Crippen molar-refractivity contribution in [2.75, 3.05) is 0 Å². The van der Waals surface area contributed by atoms with Crippen molar-refractivity contribution in [3.8, 4) is 11.5 Å². The fraction of sp³-hybridized carbons (Fsp3) is 0.200. The Bertz CT molecular complexity index is 671. The average Bonchev–Trinajstić information content (AvgIpc) is 2.39. The van der Waals surface area contributed by atoms with Crippen LogP contribution in [0.1, 0.15) is 25.3 Å². The first-order chi connectivity index (χ1) is 9.38. The Kier molecular flexibility index (Phi) is 3.99. The van der Waals surface area contributed by atoms with Gasteiger partial charge in [0.2, 0.25) is 0 Å². The standard InChI is InChI=1S/C15H16O4S/c1-11(2)12-3-7-14(8-4-12)19-20(17,18)15-9-5-13(16)6-10-15/h3-11,16H,1-2H3. The van der Waals surface area contributed by atoms with Crippen molar-refractivity contribution in [2.24, 2.45) is 0 Å². The third-order valence-corrected chi connectivity index (χ3v) is 4.14. The zero-order valence-corrected chi connectivity index (χ0v) is 12.1. The summed E-state index contributed by atoms with van der Waals surface area (Å²) in [5.41, 5.74) is 1.11. The number of benzene rings is 2. The van der Waals surface area contributed by atoms with Gasteiger partial charge in [0.1, 0.15) is 16.4 Å². The lowest BCUT2D eigenvalue weighted by molar-refractivity contribution is 0.473. The first-order valence-corrected chi connectivity index (χ1v) is 7.63. The third-order valence-electron chi connectivity index (χ3n) is 2.88. The third kappa shape index (κ3) is 3.30. The van der Waals surface area contributed by atoms with E-state index in [1.807, 2.05) is 12.1 Å². The highest BCUT2D eigenvalue weighted by atomic mass is 32.2. The molecular formula is C15H16O4S. The van der Waals surface area contributed by atoms with Crippen LogP contribution in [0.15, 0.2) is 53.4 Å². The highest BCUT2D eigenvalue weighted by Gasteiger charge is 2.16. The van der Waals surface area contributed by atoms with Crippen molar-refractivity contribution in [2.45, 2.75) is 24.7 Å². The van der Waals surface area contributed by atoms with Crippen LogP contribution in [-0.4, -0.2) is 13.5 Å². The van der Waals surface area contributed by atoms with Gasteiger partial charge < -0.3 is 9.29 Å². The normalized spacial score (nSPS) is 11.6. The molecule has 2 aromatic carbocycles. The molecule has 0 unspecified atom stereocenters. The molecule has 0 fully saturated rings. The molecule has 5 heteroatoms. The summed E-state index contributed by atoms with van der Waals surface area (Å²) in [4.78, 5) is 0.00300. The maximum absolute atomic E-state index is 12.0. The van der Waals surface area contributed by atoms with Crippen molar-refractivity contribution in [3.05, 3.63) is 54.1 Å².